The molecule has 0 spiro atoms. The van der Waals surface area contributed by atoms with E-state index < -0.39 is 10.0 Å². The van der Waals surface area contributed by atoms with E-state index >= 15 is 0 Å². The van der Waals surface area contributed by atoms with Crippen molar-refractivity contribution in [2.75, 3.05) is 51.1 Å². The van der Waals surface area contributed by atoms with Gasteiger partial charge in [-0.15, -0.1) is 0 Å². The minimum Gasteiger partial charge on any atom is -0.347 e. The molecular formula is C20H29N7O3S. The number of hydrogen-bond acceptors (Lipinski definition) is 8. The first-order chi connectivity index (χ1) is 14.7. The van der Waals surface area contributed by atoms with Crippen LogP contribution in [0.25, 0.3) is 0 Å². The van der Waals surface area contributed by atoms with Crippen LogP contribution in [0.4, 0.5) is 11.9 Å². The van der Waals surface area contributed by atoms with Crippen LogP contribution in [-0.2, 0) is 16.6 Å². The van der Waals surface area contributed by atoms with Crippen LogP contribution in [0.2, 0.25) is 0 Å². The third-order valence-corrected chi connectivity index (χ3v) is 6.83. The molecule has 1 aliphatic rings. The normalized spacial score (nSPS) is 14.5. The number of anilines is 2. The van der Waals surface area contributed by atoms with Gasteiger partial charge in [0.2, 0.25) is 21.9 Å². The molecule has 10 nitrogen and oxygen atoms in total. The van der Waals surface area contributed by atoms with Crippen molar-refractivity contribution in [1.29, 1.82) is 0 Å². The van der Waals surface area contributed by atoms with Crippen molar-refractivity contribution in [2.24, 2.45) is 0 Å². The Bertz CT molecular complexity index is 1020. The predicted octanol–water partition coefficient (Wildman–Crippen LogP) is 1.11. The number of benzene rings is 1. The molecule has 1 saturated heterocycles. The lowest BCUT2D eigenvalue weighted by Gasteiger charge is -2.27. The fourth-order valence-corrected chi connectivity index (χ4v) is 4.06. The van der Waals surface area contributed by atoms with E-state index in [-0.39, 0.29) is 17.3 Å². The Balaban J connectivity index is 1.72. The molecule has 0 radical (unpaired) electrons. The summed E-state index contributed by atoms with van der Waals surface area (Å²) in [5.74, 6) is 1.30. The number of rotatable bonds is 7. The maximum atomic E-state index is 12.6. The van der Waals surface area contributed by atoms with E-state index in [0.29, 0.717) is 23.3 Å². The first-order valence-electron chi connectivity index (χ1n) is 10.2. The summed E-state index contributed by atoms with van der Waals surface area (Å²) in [6.45, 7) is 1.95. The molecule has 0 unspecified atom stereocenters. The van der Waals surface area contributed by atoms with Crippen molar-refractivity contribution in [3.05, 3.63) is 35.7 Å². The van der Waals surface area contributed by atoms with E-state index in [4.69, 9.17) is 0 Å². The molecule has 2 heterocycles. The van der Waals surface area contributed by atoms with Crippen molar-refractivity contribution in [2.45, 2.75) is 30.7 Å². The smallest absolute Gasteiger partial charge is 0.251 e. The SMILES string of the molecule is CN(C)c1nc(CNC(=O)c2ccc(S(=O)(=O)N(C)C)cc2)nc(N2CCCCC2)n1. The highest BCUT2D eigenvalue weighted by molar-refractivity contribution is 7.89. The Hall–Kier alpha value is -2.79. The zero-order chi connectivity index (χ0) is 22.6. The topological polar surface area (TPSA) is 112 Å². The van der Waals surface area contributed by atoms with E-state index in [1.807, 2.05) is 19.0 Å². The monoisotopic (exact) mass is 447 g/mol. The first kappa shape index (κ1) is 22.9. The minimum atomic E-state index is -3.54. The second-order valence-electron chi connectivity index (χ2n) is 7.79. The van der Waals surface area contributed by atoms with Gasteiger partial charge >= 0.3 is 0 Å². The molecule has 11 heteroatoms. The van der Waals surface area contributed by atoms with Gasteiger partial charge in [-0.05, 0) is 43.5 Å². The van der Waals surface area contributed by atoms with E-state index in [0.717, 1.165) is 30.2 Å². The maximum Gasteiger partial charge on any atom is 0.251 e. The molecule has 2 aromatic rings. The number of piperidine rings is 1. The number of aromatic nitrogens is 3. The van der Waals surface area contributed by atoms with Gasteiger partial charge in [-0.1, -0.05) is 0 Å². The van der Waals surface area contributed by atoms with Crippen LogP contribution in [0, 0.1) is 0 Å². The summed E-state index contributed by atoms with van der Waals surface area (Å²) in [6, 6.07) is 5.82. The van der Waals surface area contributed by atoms with Crippen molar-refractivity contribution in [3.63, 3.8) is 0 Å². The third-order valence-electron chi connectivity index (χ3n) is 5.00. The van der Waals surface area contributed by atoms with Gasteiger partial charge in [0.05, 0.1) is 11.4 Å². The summed E-state index contributed by atoms with van der Waals surface area (Å²) in [4.78, 5) is 30.2. The molecule has 0 atom stereocenters. The second-order valence-corrected chi connectivity index (χ2v) is 9.94. The molecule has 1 aromatic carbocycles. The second kappa shape index (κ2) is 9.56. The summed E-state index contributed by atoms with van der Waals surface area (Å²) in [6.07, 6.45) is 3.42. The Morgan fingerprint density at radius 3 is 2.23 bits per heavy atom. The lowest BCUT2D eigenvalue weighted by molar-refractivity contribution is 0.0949. The number of sulfonamides is 1. The highest BCUT2D eigenvalue weighted by atomic mass is 32.2. The molecule has 1 aliphatic heterocycles. The molecular weight excluding hydrogens is 418 g/mol. The number of amides is 1. The van der Waals surface area contributed by atoms with E-state index in [9.17, 15) is 13.2 Å². The van der Waals surface area contributed by atoms with Crippen LogP contribution in [0.15, 0.2) is 29.2 Å². The van der Waals surface area contributed by atoms with E-state index in [1.54, 1.807) is 0 Å². The Labute approximate surface area is 183 Å². The van der Waals surface area contributed by atoms with Gasteiger partial charge in [0.25, 0.3) is 5.91 Å². The zero-order valence-corrected chi connectivity index (χ0v) is 19.2. The number of carbonyl (C=O) groups excluding carboxylic acids is 1. The average molecular weight is 448 g/mol. The lowest BCUT2D eigenvalue weighted by atomic mass is 10.1. The van der Waals surface area contributed by atoms with Gasteiger partial charge in [0.15, 0.2) is 5.82 Å². The Morgan fingerprint density at radius 1 is 1.00 bits per heavy atom. The summed E-state index contributed by atoms with van der Waals surface area (Å²) < 4.78 is 25.5. The highest BCUT2D eigenvalue weighted by Gasteiger charge is 2.19. The molecule has 0 saturated carbocycles. The molecule has 168 valence electrons. The minimum absolute atomic E-state index is 0.133. The van der Waals surface area contributed by atoms with Crippen LogP contribution in [0.1, 0.15) is 35.4 Å². The van der Waals surface area contributed by atoms with Gasteiger partial charge in [0.1, 0.15) is 0 Å². The van der Waals surface area contributed by atoms with Crippen LogP contribution >= 0.6 is 0 Å². The van der Waals surface area contributed by atoms with Crippen LogP contribution in [0.5, 0.6) is 0 Å². The molecule has 1 N–H and O–H groups in total. The molecule has 3 rings (SSSR count). The van der Waals surface area contributed by atoms with Gasteiger partial charge in [-0.2, -0.15) is 15.0 Å². The van der Waals surface area contributed by atoms with E-state index in [1.165, 1.54) is 44.8 Å². The van der Waals surface area contributed by atoms with Crippen molar-refractivity contribution in [3.8, 4) is 0 Å². The van der Waals surface area contributed by atoms with Gasteiger partial charge < -0.3 is 15.1 Å². The van der Waals surface area contributed by atoms with E-state index in [2.05, 4.69) is 25.2 Å². The standard InChI is InChI=1S/C20H29N7O3S/c1-25(2)19-22-17(23-20(24-19)27-12-6-5-7-13-27)14-21-18(28)15-8-10-16(11-9-15)31(29,30)26(3)4/h8-11H,5-7,12-14H2,1-4H3,(H,21,28). The van der Waals surface area contributed by atoms with Crippen LogP contribution in [-0.4, -0.2) is 74.9 Å². The molecule has 1 amide bonds. The van der Waals surface area contributed by atoms with Crippen LogP contribution in [0.3, 0.4) is 0 Å². The molecule has 31 heavy (non-hydrogen) atoms. The predicted molar refractivity (Wildman–Crippen MR) is 119 cm³/mol. The van der Waals surface area contributed by atoms with Gasteiger partial charge in [-0.3, -0.25) is 4.79 Å². The fourth-order valence-electron chi connectivity index (χ4n) is 3.16. The largest absolute Gasteiger partial charge is 0.347 e. The first-order valence-corrected chi connectivity index (χ1v) is 11.6. The number of nitrogens with zero attached hydrogens (tertiary/aromatic N) is 6. The Kier molecular flexibility index (Phi) is 7.06. The van der Waals surface area contributed by atoms with Crippen molar-refractivity contribution < 1.29 is 13.2 Å². The molecule has 0 bridgehead atoms. The summed E-state index contributed by atoms with van der Waals surface area (Å²) >= 11 is 0. The highest BCUT2D eigenvalue weighted by Crippen LogP contribution is 2.18. The quantitative estimate of drug-likeness (QED) is 0.672. The van der Waals surface area contributed by atoms with Gasteiger partial charge in [-0.25, -0.2) is 12.7 Å². The maximum absolute atomic E-state index is 12.6. The van der Waals surface area contributed by atoms with Crippen LogP contribution < -0.4 is 15.1 Å². The summed E-state index contributed by atoms with van der Waals surface area (Å²) in [7, 11) is 3.11. The molecule has 0 aliphatic carbocycles. The van der Waals surface area contributed by atoms with Crippen molar-refractivity contribution >= 4 is 27.8 Å². The number of hydrogen-bond donors (Lipinski definition) is 1. The zero-order valence-electron chi connectivity index (χ0n) is 18.4. The average Bonchev–Trinajstić information content (AvgIpc) is 2.77. The van der Waals surface area contributed by atoms with Gasteiger partial charge in [0, 0.05) is 46.8 Å². The Morgan fingerprint density at radius 2 is 1.65 bits per heavy atom. The third kappa shape index (κ3) is 5.47. The van der Waals surface area contributed by atoms with Crippen molar-refractivity contribution in [1.82, 2.24) is 24.6 Å². The molecule has 1 aromatic heterocycles. The number of nitrogens with one attached hydrogen (secondary N) is 1. The fraction of sp³-hybridized carbons (Fsp3) is 0.500. The summed E-state index contributed by atoms with van der Waals surface area (Å²) in [5.41, 5.74) is 0.357. The summed E-state index contributed by atoms with van der Waals surface area (Å²) in [5, 5.41) is 2.80. The number of carbonyl (C=O) groups is 1. The lowest BCUT2D eigenvalue weighted by Crippen LogP contribution is -2.33. The molecule has 1 fully saturated rings.